The topological polar surface area (TPSA) is 53.4 Å². The lowest BCUT2D eigenvalue weighted by atomic mass is 10.2. The predicted molar refractivity (Wildman–Crippen MR) is 63.8 cm³/mol. The molecule has 0 saturated carbocycles. The van der Waals surface area contributed by atoms with E-state index in [2.05, 4.69) is 11.6 Å². The first kappa shape index (κ1) is 13.2. The third-order valence-electron chi connectivity index (χ3n) is 2.32. The summed E-state index contributed by atoms with van der Waals surface area (Å²) in [5.41, 5.74) is -0.371. The quantitative estimate of drug-likeness (QED) is 0.800. The van der Waals surface area contributed by atoms with Crippen LogP contribution >= 0.6 is 0 Å². The van der Waals surface area contributed by atoms with Crippen molar-refractivity contribution in [3.63, 3.8) is 0 Å². The SMILES string of the molecule is C=CCN(c1nccc(C(=O)O)c1F)C(C)C. The zero-order valence-corrected chi connectivity index (χ0v) is 9.85. The maximum absolute atomic E-state index is 13.9. The number of nitrogens with zero attached hydrogens (tertiary/aromatic N) is 2. The number of aromatic carboxylic acids is 1. The summed E-state index contributed by atoms with van der Waals surface area (Å²) >= 11 is 0. The molecule has 0 aromatic carbocycles. The average molecular weight is 238 g/mol. The van der Waals surface area contributed by atoms with E-state index in [1.807, 2.05) is 13.8 Å². The number of carbonyl (C=O) groups is 1. The highest BCUT2D eigenvalue weighted by molar-refractivity contribution is 5.88. The molecule has 5 heteroatoms. The Hall–Kier alpha value is -1.91. The van der Waals surface area contributed by atoms with E-state index >= 15 is 0 Å². The van der Waals surface area contributed by atoms with Gasteiger partial charge in [0.05, 0.1) is 0 Å². The van der Waals surface area contributed by atoms with Crippen LogP contribution in [0, 0.1) is 5.82 Å². The Bertz CT molecular complexity index is 433. The number of hydrogen-bond acceptors (Lipinski definition) is 3. The van der Waals surface area contributed by atoms with Crippen LogP contribution in [0.2, 0.25) is 0 Å². The van der Waals surface area contributed by atoms with Crippen LogP contribution in [0.5, 0.6) is 0 Å². The summed E-state index contributed by atoms with van der Waals surface area (Å²) in [6, 6.07) is 1.15. The van der Waals surface area contributed by atoms with Crippen molar-refractivity contribution < 1.29 is 14.3 Å². The van der Waals surface area contributed by atoms with Crippen molar-refractivity contribution in [3.8, 4) is 0 Å². The zero-order valence-electron chi connectivity index (χ0n) is 9.85. The molecule has 0 saturated heterocycles. The van der Waals surface area contributed by atoms with E-state index < -0.39 is 11.8 Å². The second-order valence-electron chi connectivity index (χ2n) is 3.84. The third-order valence-corrected chi connectivity index (χ3v) is 2.32. The van der Waals surface area contributed by atoms with Crippen LogP contribution in [0.15, 0.2) is 24.9 Å². The highest BCUT2D eigenvalue weighted by atomic mass is 19.1. The number of carboxylic acids is 1. The number of hydrogen-bond donors (Lipinski definition) is 1. The molecular weight excluding hydrogens is 223 g/mol. The number of pyridine rings is 1. The van der Waals surface area contributed by atoms with E-state index in [-0.39, 0.29) is 17.4 Å². The molecule has 0 fully saturated rings. The normalized spacial score (nSPS) is 10.4. The molecule has 0 radical (unpaired) electrons. The number of aromatic nitrogens is 1. The summed E-state index contributed by atoms with van der Waals surface area (Å²) in [6.07, 6.45) is 2.91. The van der Waals surface area contributed by atoms with Gasteiger partial charge in [-0.05, 0) is 19.9 Å². The number of halogens is 1. The van der Waals surface area contributed by atoms with E-state index in [9.17, 15) is 9.18 Å². The van der Waals surface area contributed by atoms with Gasteiger partial charge in [-0.1, -0.05) is 6.08 Å². The Morgan fingerprint density at radius 2 is 2.35 bits per heavy atom. The smallest absolute Gasteiger partial charge is 0.338 e. The molecule has 0 atom stereocenters. The minimum Gasteiger partial charge on any atom is -0.478 e. The van der Waals surface area contributed by atoms with Crippen LogP contribution in [0.3, 0.4) is 0 Å². The van der Waals surface area contributed by atoms with Crippen LogP contribution in [0.4, 0.5) is 10.2 Å². The van der Waals surface area contributed by atoms with Crippen LogP contribution in [0.25, 0.3) is 0 Å². The highest BCUT2D eigenvalue weighted by Gasteiger charge is 2.20. The molecule has 0 spiro atoms. The molecule has 0 amide bonds. The van der Waals surface area contributed by atoms with E-state index in [1.54, 1.807) is 11.0 Å². The van der Waals surface area contributed by atoms with Gasteiger partial charge in [0.1, 0.15) is 5.56 Å². The fourth-order valence-corrected chi connectivity index (χ4v) is 1.48. The van der Waals surface area contributed by atoms with E-state index in [1.165, 1.54) is 6.20 Å². The van der Waals surface area contributed by atoms with Gasteiger partial charge in [-0.2, -0.15) is 0 Å². The molecule has 92 valence electrons. The van der Waals surface area contributed by atoms with Crippen molar-refractivity contribution in [1.82, 2.24) is 4.98 Å². The monoisotopic (exact) mass is 238 g/mol. The lowest BCUT2D eigenvalue weighted by molar-refractivity contribution is 0.0691. The first-order valence-electron chi connectivity index (χ1n) is 5.24. The summed E-state index contributed by atoms with van der Waals surface area (Å²) in [4.78, 5) is 16.4. The fourth-order valence-electron chi connectivity index (χ4n) is 1.48. The lowest BCUT2D eigenvalue weighted by Gasteiger charge is -2.26. The maximum Gasteiger partial charge on any atom is 0.338 e. The summed E-state index contributed by atoms with van der Waals surface area (Å²) in [7, 11) is 0. The minimum atomic E-state index is -1.30. The molecule has 0 aliphatic rings. The Morgan fingerprint density at radius 1 is 1.71 bits per heavy atom. The van der Waals surface area contributed by atoms with Gasteiger partial charge < -0.3 is 10.0 Å². The van der Waals surface area contributed by atoms with Gasteiger partial charge in [-0.3, -0.25) is 0 Å². The van der Waals surface area contributed by atoms with E-state index in [0.717, 1.165) is 6.07 Å². The molecule has 17 heavy (non-hydrogen) atoms. The van der Waals surface area contributed by atoms with E-state index in [4.69, 9.17) is 5.11 Å². The van der Waals surface area contributed by atoms with Crippen LogP contribution in [-0.4, -0.2) is 28.6 Å². The molecule has 0 aliphatic heterocycles. The Morgan fingerprint density at radius 3 is 2.82 bits per heavy atom. The predicted octanol–water partition coefficient (Wildman–Crippen LogP) is 2.32. The average Bonchev–Trinajstić information content (AvgIpc) is 2.26. The molecule has 0 bridgehead atoms. The molecule has 1 rings (SSSR count). The molecule has 1 N–H and O–H groups in total. The third kappa shape index (κ3) is 2.81. The number of carboxylic acid groups (broad SMARTS) is 1. The van der Waals surface area contributed by atoms with Crippen LogP contribution in [0.1, 0.15) is 24.2 Å². The first-order chi connectivity index (χ1) is 7.99. The molecule has 1 heterocycles. The zero-order chi connectivity index (χ0) is 13.0. The molecule has 4 nitrogen and oxygen atoms in total. The number of rotatable bonds is 5. The van der Waals surface area contributed by atoms with Gasteiger partial charge in [-0.25, -0.2) is 14.2 Å². The van der Waals surface area contributed by atoms with Crippen molar-refractivity contribution in [1.29, 1.82) is 0 Å². The lowest BCUT2D eigenvalue weighted by Crippen LogP contribution is -2.32. The fraction of sp³-hybridized carbons (Fsp3) is 0.333. The van der Waals surface area contributed by atoms with Gasteiger partial charge in [0.15, 0.2) is 11.6 Å². The maximum atomic E-state index is 13.9. The molecule has 1 aromatic rings. The van der Waals surface area contributed by atoms with Gasteiger partial charge in [0.2, 0.25) is 0 Å². The van der Waals surface area contributed by atoms with Crippen molar-refractivity contribution in [3.05, 3.63) is 36.3 Å². The molecular formula is C12H15FN2O2. The number of anilines is 1. The summed E-state index contributed by atoms with van der Waals surface area (Å²) in [5.74, 6) is -2.07. The van der Waals surface area contributed by atoms with Crippen LogP contribution in [-0.2, 0) is 0 Å². The van der Waals surface area contributed by atoms with Gasteiger partial charge in [0, 0.05) is 18.8 Å². The van der Waals surface area contributed by atoms with Gasteiger partial charge in [-0.15, -0.1) is 6.58 Å². The summed E-state index contributed by atoms with van der Waals surface area (Å²) < 4.78 is 13.9. The standard InChI is InChI=1S/C12H15FN2O2/c1-4-7-15(8(2)3)11-10(13)9(12(16)17)5-6-14-11/h4-6,8H,1,7H2,2-3H3,(H,16,17). The largest absolute Gasteiger partial charge is 0.478 e. The first-order valence-corrected chi connectivity index (χ1v) is 5.24. The van der Waals surface area contributed by atoms with E-state index in [0.29, 0.717) is 6.54 Å². The Kier molecular flexibility index (Phi) is 4.20. The van der Waals surface area contributed by atoms with Crippen molar-refractivity contribution in [2.75, 3.05) is 11.4 Å². The second-order valence-corrected chi connectivity index (χ2v) is 3.84. The summed E-state index contributed by atoms with van der Waals surface area (Å²) in [5, 5.41) is 8.83. The van der Waals surface area contributed by atoms with Crippen molar-refractivity contribution in [2.45, 2.75) is 19.9 Å². The second kappa shape index (κ2) is 5.43. The highest BCUT2D eigenvalue weighted by Crippen LogP contribution is 2.21. The summed E-state index contributed by atoms with van der Waals surface area (Å²) in [6.45, 7) is 7.74. The molecule has 0 aliphatic carbocycles. The van der Waals surface area contributed by atoms with Gasteiger partial charge in [0.25, 0.3) is 0 Å². The van der Waals surface area contributed by atoms with Crippen molar-refractivity contribution >= 4 is 11.8 Å². The Labute approximate surface area is 99.4 Å². The van der Waals surface area contributed by atoms with Crippen LogP contribution < -0.4 is 4.90 Å². The van der Waals surface area contributed by atoms with Gasteiger partial charge >= 0.3 is 5.97 Å². The minimum absolute atomic E-state index is 0.000884. The van der Waals surface area contributed by atoms with Crippen molar-refractivity contribution in [2.24, 2.45) is 0 Å². The molecule has 1 aromatic heterocycles. The molecule has 0 unspecified atom stereocenters. The Balaban J connectivity index is 3.24.